The van der Waals surface area contributed by atoms with Gasteiger partial charge in [-0.3, -0.25) is 0 Å². The maximum Gasteiger partial charge on any atom is 0.162 e. The lowest BCUT2D eigenvalue weighted by Crippen LogP contribution is -2.49. The molecule has 0 bridgehead atoms. The van der Waals surface area contributed by atoms with Gasteiger partial charge in [-0.1, -0.05) is 0 Å². The van der Waals surface area contributed by atoms with E-state index < -0.39 is 36.1 Å². The summed E-state index contributed by atoms with van der Waals surface area (Å²) < 4.78 is 48.1. The molecule has 0 aromatic carbocycles. The van der Waals surface area contributed by atoms with Crippen molar-refractivity contribution >= 4 is 50.3 Å². The van der Waals surface area contributed by atoms with Gasteiger partial charge in [0.1, 0.15) is 50.3 Å². The summed E-state index contributed by atoms with van der Waals surface area (Å²) in [6.07, 6.45) is 4.51. The van der Waals surface area contributed by atoms with Gasteiger partial charge < -0.3 is 76.3 Å². The Morgan fingerprint density at radius 2 is 0.569 bits per heavy atom. The van der Waals surface area contributed by atoms with Crippen LogP contribution in [0.5, 0.6) is 0 Å². The quantitative estimate of drug-likeness (QED) is 0.0487. The molecule has 51 heavy (non-hydrogen) atoms. The zero-order valence-corrected chi connectivity index (χ0v) is 29.5. The summed E-state index contributed by atoms with van der Waals surface area (Å²) in [6, 6.07) is 0. The van der Waals surface area contributed by atoms with E-state index in [1.165, 1.54) is 0 Å². The molecule has 0 aromatic heterocycles. The Hall–Kier alpha value is -2.96. The summed E-state index contributed by atoms with van der Waals surface area (Å²) in [5.74, 6) is -2.56. The average Bonchev–Trinajstić information content (AvgIpc) is 3.14. The van der Waals surface area contributed by atoms with Crippen LogP contribution in [0.25, 0.3) is 0 Å². The normalized spacial score (nSPS) is 14.2. The molecule has 0 fully saturated rings. The Morgan fingerprint density at radius 3 is 0.941 bits per heavy atom. The second-order valence-electron chi connectivity index (χ2n) is 11.2. The van der Waals surface area contributed by atoms with E-state index in [2.05, 4.69) is 0 Å². The average molecular weight is 733 g/mol. The molecule has 0 amide bonds. The lowest BCUT2D eigenvalue weighted by Gasteiger charge is -2.42. The van der Waals surface area contributed by atoms with Crippen LogP contribution < -0.4 is 0 Å². The molecule has 0 N–H and O–H groups in total. The van der Waals surface area contributed by atoms with E-state index in [0.29, 0.717) is 50.3 Å². The summed E-state index contributed by atoms with van der Waals surface area (Å²) >= 11 is 0. The van der Waals surface area contributed by atoms with Crippen LogP contribution in [-0.2, 0) is 76.3 Å². The number of ether oxygens (including phenoxy) is 8. The molecule has 0 spiro atoms. The van der Waals surface area contributed by atoms with Gasteiger partial charge in [0, 0.05) is 63.2 Å². The predicted molar refractivity (Wildman–Crippen MR) is 179 cm³/mol. The van der Waals surface area contributed by atoms with Crippen LogP contribution in [0.4, 0.5) is 0 Å². The molecule has 0 radical (unpaired) electrons. The fourth-order valence-corrected chi connectivity index (χ4v) is 5.10. The van der Waals surface area contributed by atoms with Gasteiger partial charge in [0.25, 0.3) is 0 Å². The Balaban J connectivity index is 7.29. The minimum Gasteiger partial charge on any atom is -0.381 e. The fraction of sp³-hybridized carbons (Fsp3) is 0.771. The van der Waals surface area contributed by atoms with Crippen LogP contribution in [0.2, 0.25) is 0 Å². The first kappa shape index (κ1) is 48.0. The molecule has 5 unspecified atom stereocenters. The molecule has 0 rings (SSSR count). The van der Waals surface area contributed by atoms with Crippen LogP contribution >= 0.6 is 0 Å². The first-order chi connectivity index (χ1) is 25.1. The molecule has 0 aliphatic heterocycles. The van der Waals surface area contributed by atoms with Gasteiger partial charge in [-0.2, -0.15) is 0 Å². The molecule has 5 atom stereocenters. The van der Waals surface area contributed by atoms with Gasteiger partial charge in [0.05, 0.1) is 92.0 Å². The molecule has 16 heteroatoms. The molecule has 0 saturated carbocycles. The van der Waals surface area contributed by atoms with E-state index in [1.807, 2.05) is 0 Å². The summed E-state index contributed by atoms with van der Waals surface area (Å²) in [6.45, 7) is 0.271. The predicted octanol–water partition coefficient (Wildman–Crippen LogP) is 0.991. The summed E-state index contributed by atoms with van der Waals surface area (Å²) in [5.41, 5.74) is 0. The number of carbonyl (C=O) groups excluding carboxylic acids is 8. The SMILES string of the molecule is O=CCCOCC(OCCC=O)C(COCCC=O)C(COCCC=O)C(COCCC=O)C(COCCC=O)C(OCCC=O)OCCC=O. The zero-order chi connectivity index (χ0) is 37.6. The van der Waals surface area contributed by atoms with E-state index in [1.54, 1.807) is 0 Å². The third-order valence-corrected chi connectivity index (χ3v) is 7.50. The molecular weight excluding hydrogens is 676 g/mol. The Labute approximate surface area is 299 Å². The lowest BCUT2D eigenvalue weighted by atomic mass is 9.73. The van der Waals surface area contributed by atoms with Gasteiger partial charge in [0.2, 0.25) is 0 Å². The third kappa shape index (κ3) is 24.8. The highest BCUT2D eigenvalue weighted by atomic mass is 16.7. The van der Waals surface area contributed by atoms with Crippen LogP contribution in [0.3, 0.4) is 0 Å². The topological polar surface area (TPSA) is 210 Å². The summed E-state index contributed by atoms with van der Waals surface area (Å²) in [5, 5.41) is 0. The van der Waals surface area contributed by atoms with E-state index >= 15 is 0 Å². The Morgan fingerprint density at radius 1 is 0.294 bits per heavy atom. The maximum absolute atomic E-state index is 11.2. The standard InChI is InChI=1S/C35H56O16/c36-9-1-17-44-25-30(32(27-46-19-3-11-38)34(49-22-6-14-41)29-48-21-5-13-40)31(26-45-18-2-10-37)33(28-47-20-4-12-39)35(50-23-7-15-42)51-24-8-16-43/h9-16,30-35H,1-8,17-29H2. The molecule has 0 aliphatic carbocycles. The van der Waals surface area contributed by atoms with Crippen molar-refractivity contribution in [3.63, 3.8) is 0 Å². The van der Waals surface area contributed by atoms with Crippen molar-refractivity contribution in [3.05, 3.63) is 0 Å². The van der Waals surface area contributed by atoms with Gasteiger partial charge in [-0.25, -0.2) is 0 Å². The zero-order valence-electron chi connectivity index (χ0n) is 29.5. The first-order valence-electron chi connectivity index (χ1n) is 17.3. The number of rotatable bonds is 42. The molecule has 0 heterocycles. The molecule has 292 valence electrons. The number of aldehydes is 8. The van der Waals surface area contributed by atoms with Crippen molar-refractivity contribution in [1.82, 2.24) is 0 Å². The van der Waals surface area contributed by atoms with Crippen LogP contribution in [-0.4, -0.2) is 149 Å². The van der Waals surface area contributed by atoms with Gasteiger partial charge in [0.15, 0.2) is 6.29 Å². The molecule has 0 aliphatic rings. The Kier molecular flexibility index (Phi) is 34.7. The van der Waals surface area contributed by atoms with Crippen molar-refractivity contribution < 1.29 is 76.3 Å². The highest BCUT2D eigenvalue weighted by Gasteiger charge is 2.43. The molecule has 0 saturated heterocycles. The second kappa shape index (κ2) is 36.8. The first-order valence-corrected chi connectivity index (χ1v) is 17.3. The monoisotopic (exact) mass is 732 g/mol. The summed E-state index contributed by atoms with van der Waals surface area (Å²) in [7, 11) is 0. The largest absolute Gasteiger partial charge is 0.381 e. The summed E-state index contributed by atoms with van der Waals surface area (Å²) in [4.78, 5) is 89.2. The number of hydrogen-bond donors (Lipinski definition) is 0. The van der Waals surface area contributed by atoms with E-state index in [4.69, 9.17) is 37.9 Å². The van der Waals surface area contributed by atoms with Crippen LogP contribution in [0.1, 0.15) is 51.4 Å². The molecule has 16 nitrogen and oxygen atoms in total. The highest BCUT2D eigenvalue weighted by molar-refractivity contribution is 5.51. The highest BCUT2D eigenvalue weighted by Crippen LogP contribution is 2.36. The molecule has 0 aromatic rings. The van der Waals surface area contributed by atoms with Gasteiger partial charge in [-0.15, -0.1) is 0 Å². The van der Waals surface area contributed by atoms with Crippen LogP contribution in [0.15, 0.2) is 0 Å². The van der Waals surface area contributed by atoms with E-state index in [-0.39, 0.29) is 137 Å². The van der Waals surface area contributed by atoms with Crippen molar-refractivity contribution in [3.8, 4) is 0 Å². The second-order valence-corrected chi connectivity index (χ2v) is 11.2. The van der Waals surface area contributed by atoms with Crippen molar-refractivity contribution in [1.29, 1.82) is 0 Å². The van der Waals surface area contributed by atoms with E-state index in [0.717, 1.165) is 0 Å². The number of carbonyl (C=O) groups is 8. The maximum atomic E-state index is 11.2. The van der Waals surface area contributed by atoms with Gasteiger partial charge in [-0.05, 0) is 11.8 Å². The number of hydrogen-bond acceptors (Lipinski definition) is 16. The third-order valence-electron chi connectivity index (χ3n) is 7.50. The van der Waals surface area contributed by atoms with Crippen LogP contribution in [0, 0.1) is 23.7 Å². The fourth-order valence-electron chi connectivity index (χ4n) is 5.10. The smallest absolute Gasteiger partial charge is 0.162 e. The van der Waals surface area contributed by atoms with Gasteiger partial charge >= 0.3 is 0 Å². The minimum absolute atomic E-state index is 0.000629. The lowest BCUT2D eigenvalue weighted by molar-refractivity contribution is -0.210. The van der Waals surface area contributed by atoms with Crippen molar-refractivity contribution in [2.75, 3.05) is 85.9 Å². The van der Waals surface area contributed by atoms with E-state index in [9.17, 15) is 38.4 Å². The Bertz CT molecular complexity index is 889. The van der Waals surface area contributed by atoms with Crippen molar-refractivity contribution in [2.45, 2.75) is 63.8 Å². The molecular formula is C35H56O16. The van der Waals surface area contributed by atoms with Crippen molar-refractivity contribution in [2.24, 2.45) is 23.7 Å². The minimum atomic E-state index is -1.06.